The van der Waals surface area contributed by atoms with Crippen LogP contribution in [0, 0.1) is 0 Å². The van der Waals surface area contributed by atoms with Gasteiger partial charge >= 0.3 is 0 Å². The van der Waals surface area contributed by atoms with E-state index in [0.717, 1.165) is 61.1 Å². The minimum Gasteiger partial charge on any atom is -0.309 e. The van der Waals surface area contributed by atoms with Crippen LogP contribution in [0.3, 0.4) is 0 Å². The first-order valence-corrected chi connectivity index (χ1v) is 16.9. The summed E-state index contributed by atoms with van der Waals surface area (Å²) in [6.45, 7) is 0. The fraction of sp³-hybridized carbons (Fsp3) is 0. The van der Waals surface area contributed by atoms with Gasteiger partial charge in [-0.3, -0.25) is 4.57 Å². The Kier molecular flexibility index (Phi) is 6.46. The maximum Gasteiger partial charge on any atom is 0.235 e. The molecule has 4 nitrogen and oxygen atoms in total. The Balaban J connectivity index is 1.16. The summed E-state index contributed by atoms with van der Waals surface area (Å²) < 4.78 is 4.59. The second-order valence-corrected chi connectivity index (χ2v) is 12.7. The summed E-state index contributed by atoms with van der Waals surface area (Å²) in [6.07, 6.45) is 0. The lowest BCUT2D eigenvalue weighted by Crippen LogP contribution is -2.04. The molecule has 0 radical (unpaired) electrons. The van der Waals surface area contributed by atoms with E-state index in [0.29, 0.717) is 5.95 Å². The average molecular weight is 639 g/mol. The van der Waals surface area contributed by atoms with Gasteiger partial charge < -0.3 is 4.57 Å². The van der Waals surface area contributed by atoms with Crippen LogP contribution in [-0.4, -0.2) is 19.1 Å². The van der Waals surface area contributed by atoms with E-state index in [1.54, 1.807) is 0 Å². The van der Waals surface area contributed by atoms with Crippen molar-refractivity contribution in [2.24, 2.45) is 0 Å². The van der Waals surface area contributed by atoms with Gasteiger partial charge in [0.15, 0.2) is 0 Å². The van der Waals surface area contributed by atoms with Gasteiger partial charge in [-0.1, -0.05) is 133 Å². The second kappa shape index (κ2) is 11.4. The van der Waals surface area contributed by atoms with E-state index in [4.69, 9.17) is 9.97 Å². The Morgan fingerprint density at radius 2 is 0.760 bits per heavy atom. The van der Waals surface area contributed by atoms with E-state index >= 15 is 0 Å². The first kappa shape index (κ1) is 28.3. The molecule has 0 bridgehead atoms. The van der Waals surface area contributed by atoms with Gasteiger partial charge in [0.25, 0.3) is 0 Å². The van der Waals surface area contributed by atoms with Crippen molar-refractivity contribution in [2.75, 3.05) is 0 Å². The highest BCUT2D eigenvalue weighted by Gasteiger charge is 2.18. The molecule has 0 aliphatic heterocycles. The van der Waals surface area contributed by atoms with Crippen LogP contribution >= 0.6 is 0 Å². The van der Waals surface area contributed by atoms with Crippen molar-refractivity contribution >= 4 is 43.6 Å². The predicted octanol–water partition coefficient (Wildman–Crippen LogP) is 11.7. The molecular formula is C46H30N4. The summed E-state index contributed by atoms with van der Waals surface area (Å²) in [5.74, 6) is 0.650. The Labute approximate surface area is 289 Å². The maximum absolute atomic E-state index is 5.19. The molecule has 0 aliphatic carbocycles. The zero-order chi connectivity index (χ0) is 33.0. The highest BCUT2D eigenvalue weighted by Crippen LogP contribution is 2.37. The van der Waals surface area contributed by atoms with Crippen LogP contribution in [0.4, 0.5) is 0 Å². The van der Waals surface area contributed by atoms with Gasteiger partial charge in [0, 0.05) is 38.4 Å². The van der Waals surface area contributed by atoms with Crippen LogP contribution in [-0.2, 0) is 0 Å². The molecule has 0 saturated carbocycles. The first-order valence-electron chi connectivity index (χ1n) is 16.9. The fourth-order valence-electron chi connectivity index (χ4n) is 7.44. The number of hydrogen-bond acceptors (Lipinski definition) is 2. The zero-order valence-electron chi connectivity index (χ0n) is 27.1. The molecule has 10 aromatic rings. The number of nitrogens with zero attached hydrogens (tertiary/aromatic N) is 4. The summed E-state index contributed by atoms with van der Waals surface area (Å²) in [7, 11) is 0. The molecule has 7 aromatic carbocycles. The molecule has 3 heterocycles. The fourth-order valence-corrected chi connectivity index (χ4v) is 7.44. The van der Waals surface area contributed by atoms with Crippen molar-refractivity contribution in [3.63, 3.8) is 0 Å². The van der Waals surface area contributed by atoms with Gasteiger partial charge in [-0.25, -0.2) is 9.97 Å². The summed E-state index contributed by atoms with van der Waals surface area (Å²) in [5, 5.41) is 4.85. The molecule has 50 heavy (non-hydrogen) atoms. The molecule has 3 aromatic heterocycles. The molecule has 10 rings (SSSR count). The van der Waals surface area contributed by atoms with Gasteiger partial charge in [0.1, 0.15) is 0 Å². The van der Waals surface area contributed by atoms with Crippen LogP contribution in [0.5, 0.6) is 0 Å². The van der Waals surface area contributed by atoms with Crippen LogP contribution in [0.25, 0.3) is 88.9 Å². The minimum atomic E-state index is 0.650. The molecule has 234 valence electrons. The smallest absolute Gasteiger partial charge is 0.235 e. The summed E-state index contributed by atoms with van der Waals surface area (Å²) in [4.78, 5) is 10.4. The van der Waals surface area contributed by atoms with Crippen molar-refractivity contribution < 1.29 is 0 Å². The molecule has 0 amide bonds. The topological polar surface area (TPSA) is 35.6 Å². The number of aromatic nitrogens is 4. The van der Waals surface area contributed by atoms with E-state index in [1.807, 2.05) is 12.1 Å². The number of para-hydroxylation sites is 3. The van der Waals surface area contributed by atoms with E-state index in [1.165, 1.54) is 21.8 Å². The third-order valence-corrected chi connectivity index (χ3v) is 9.74. The molecule has 4 heteroatoms. The van der Waals surface area contributed by atoms with E-state index in [-0.39, 0.29) is 0 Å². The lowest BCUT2D eigenvalue weighted by molar-refractivity contribution is 0.995. The molecule has 0 fully saturated rings. The second-order valence-electron chi connectivity index (χ2n) is 12.7. The zero-order valence-corrected chi connectivity index (χ0v) is 27.1. The Morgan fingerprint density at radius 3 is 1.36 bits per heavy atom. The van der Waals surface area contributed by atoms with Crippen molar-refractivity contribution in [2.45, 2.75) is 0 Å². The van der Waals surface area contributed by atoms with Crippen molar-refractivity contribution in [3.05, 3.63) is 182 Å². The van der Waals surface area contributed by atoms with E-state index in [2.05, 4.69) is 179 Å². The normalized spacial score (nSPS) is 11.6. The van der Waals surface area contributed by atoms with Crippen molar-refractivity contribution in [1.82, 2.24) is 19.1 Å². The van der Waals surface area contributed by atoms with Gasteiger partial charge in [0.05, 0.1) is 33.5 Å². The third-order valence-electron chi connectivity index (χ3n) is 9.74. The number of fused-ring (bicyclic) bond motifs is 6. The quantitative estimate of drug-likeness (QED) is 0.188. The monoisotopic (exact) mass is 638 g/mol. The number of benzene rings is 7. The van der Waals surface area contributed by atoms with Crippen LogP contribution < -0.4 is 0 Å². The molecule has 0 unspecified atom stereocenters. The van der Waals surface area contributed by atoms with Crippen LogP contribution in [0.1, 0.15) is 0 Å². The summed E-state index contributed by atoms with van der Waals surface area (Å²) >= 11 is 0. The van der Waals surface area contributed by atoms with Gasteiger partial charge in [-0.15, -0.1) is 0 Å². The Hall–Kier alpha value is -6.78. The lowest BCUT2D eigenvalue weighted by atomic mass is 10.0. The predicted molar refractivity (Wildman–Crippen MR) is 207 cm³/mol. The molecule has 0 aliphatic rings. The molecular weight excluding hydrogens is 609 g/mol. The largest absolute Gasteiger partial charge is 0.309 e. The highest BCUT2D eigenvalue weighted by atomic mass is 15.2. The first-order chi connectivity index (χ1) is 24.8. The average Bonchev–Trinajstić information content (AvgIpc) is 3.71. The van der Waals surface area contributed by atoms with Crippen molar-refractivity contribution in [3.8, 4) is 45.3 Å². The highest BCUT2D eigenvalue weighted by molar-refractivity contribution is 6.11. The van der Waals surface area contributed by atoms with Crippen LogP contribution in [0.15, 0.2) is 182 Å². The third kappa shape index (κ3) is 4.54. The van der Waals surface area contributed by atoms with E-state index in [9.17, 15) is 0 Å². The number of rotatable bonds is 5. The molecule has 0 saturated heterocycles. The standard InChI is InChI=1S/C46H30N4/c1-3-14-31(15-4-1)40-30-41(32-16-5-2-6-17-32)48-46(47-40)50-44-25-12-9-22-38(44)39-29-34(26-27-45(39)50)33-18-13-19-35(28-33)49-42-23-10-7-20-36(42)37-21-8-11-24-43(37)49/h1-30H. The minimum absolute atomic E-state index is 0.650. The Morgan fingerprint density at radius 1 is 0.300 bits per heavy atom. The molecule has 0 spiro atoms. The molecule has 0 N–H and O–H groups in total. The molecule has 0 atom stereocenters. The van der Waals surface area contributed by atoms with E-state index < -0.39 is 0 Å². The van der Waals surface area contributed by atoms with Crippen molar-refractivity contribution in [1.29, 1.82) is 0 Å². The SMILES string of the molecule is c1ccc(-c2cc(-c3ccccc3)nc(-n3c4ccccc4c4cc(-c5cccc(-n6c7ccccc7c7ccccc76)c5)ccc43)n2)cc1. The lowest BCUT2D eigenvalue weighted by Gasteiger charge is -2.12. The van der Waals surface area contributed by atoms with Gasteiger partial charge in [-0.05, 0) is 59.7 Å². The maximum atomic E-state index is 5.19. The Bertz CT molecular complexity index is 2750. The van der Waals surface area contributed by atoms with Gasteiger partial charge in [0.2, 0.25) is 5.95 Å². The summed E-state index contributed by atoms with van der Waals surface area (Å²) in [5.41, 5.74) is 11.9. The van der Waals surface area contributed by atoms with Gasteiger partial charge in [-0.2, -0.15) is 0 Å². The number of hydrogen-bond donors (Lipinski definition) is 0. The summed E-state index contributed by atoms with van der Waals surface area (Å²) in [6, 6.07) is 64.3. The van der Waals surface area contributed by atoms with Crippen LogP contribution in [0.2, 0.25) is 0 Å².